The van der Waals surface area contributed by atoms with Gasteiger partial charge in [0.25, 0.3) is 0 Å². The summed E-state index contributed by atoms with van der Waals surface area (Å²) in [5.74, 6) is 2.96. The Balaban J connectivity index is 1.26. The Bertz CT molecular complexity index is 429. The van der Waals surface area contributed by atoms with Gasteiger partial charge in [-0.2, -0.15) is 0 Å². The number of hydrogen-bond acceptors (Lipinski definition) is 2. The second-order valence-electron chi connectivity index (χ2n) is 12.0. The molecule has 0 aromatic rings. The Morgan fingerprint density at radius 2 is 1.00 bits per heavy atom. The van der Waals surface area contributed by atoms with Crippen molar-refractivity contribution in [3.05, 3.63) is 0 Å². The van der Waals surface area contributed by atoms with Crippen LogP contribution in [0.2, 0.25) is 0 Å². The summed E-state index contributed by atoms with van der Waals surface area (Å²) in [5.41, 5.74) is 0.481. The van der Waals surface area contributed by atoms with Crippen LogP contribution in [-0.2, 0) is 0 Å². The molecule has 2 heteroatoms. The molecule has 0 aliphatic carbocycles. The number of fused-ring (bicyclic) bond motifs is 4. The Morgan fingerprint density at radius 3 is 1.30 bits per heavy atom. The Labute approximate surface area is 169 Å². The lowest BCUT2D eigenvalue weighted by molar-refractivity contribution is 0.103. The van der Waals surface area contributed by atoms with Crippen molar-refractivity contribution < 1.29 is 0 Å². The first kappa shape index (κ1) is 20.2. The van der Waals surface area contributed by atoms with Crippen LogP contribution < -0.4 is 0 Å². The standard InChI is InChI=1S/C25H46N2/c1-25(2,3)20(8-6-18-14-21-10-11-22(15-18)26(21)4)9-7-19-16-23-12-13-24(17-19)27(23)5/h18-24H,6-17H2,1-5H3. The van der Waals surface area contributed by atoms with Gasteiger partial charge in [0.05, 0.1) is 0 Å². The highest BCUT2D eigenvalue weighted by molar-refractivity contribution is 4.95. The van der Waals surface area contributed by atoms with Crippen molar-refractivity contribution in [1.82, 2.24) is 9.80 Å². The number of nitrogens with zero attached hydrogens (tertiary/aromatic N) is 2. The van der Waals surface area contributed by atoms with Gasteiger partial charge in [-0.25, -0.2) is 0 Å². The van der Waals surface area contributed by atoms with Crippen molar-refractivity contribution in [2.45, 2.75) is 122 Å². The molecule has 4 aliphatic heterocycles. The van der Waals surface area contributed by atoms with Crippen LogP contribution in [0, 0.1) is 23.2 Å². The monoisotopic (exact) mass is 374 g/mol. The van der Waals surface area contributed by atoms with E-state index in [0.717, 1.165) is 41.9 Å². The van der Waals surface area contributed by atoms with E-state index in [1.54, 1.807) is 0 Å². The maximum atomic E-state index is 2.70. The molecule has 4 atom stereocenters. The zero-order valence-corrected chi connectivity index (χ0v) is 18.9. The highest BCUT2D eigenvalue weighted by Gasteiger charge is 2.40. The molecule has 4 saturated heterocycles. The molecule has 4 aliphatic rings. The first-order chi connectivity index (χ1) is 12.8. The summed E-state index contributed by atoms with van der Waals surface area (Å²) < 4.78 is 0. The van der Waals surface area contributed by atoms with Gasteiger partial charge in [-0.15, -0.1) is 0 Å². The Hall–Kier alpha value is -0.0800. The van der Waals surface area contributed by atoms with E-state index < -0.39 is 0 Å². The van der Waals surface area contributed by atoms with Crippen LogP contribution in [0.25, 0.3) is 0 Å². The minimum absolute atomic E-state index is 0.481. The number of piperidine rings is 2. The molecule has 2 nitrogen and oxygen atoms in total. The summed E-state index contributed by atoms with van der Waals surface area (Å²) in [4.78, 5) is 5.40. The van der Waals surface area contributed by atoms with Crippen molar-refractivity contribution in [2.24, 2.45) is 23.2 Å². The van der Waals surface area contributed by atoms with E-state index in [-0.39, 0.29) is 0 Å². The molecule has 156 valence electrons. The lowest BCUT2D eigenvalue weighted by Gasteiger charge is -2.39. The summed E-state index contributed by atoms with van der Waals surface area (Å²) in [6.45, 7) is 7.52. The van der Waals surface area contributed by atoms with Gasteiger partial charge in [-0.3, -0.25) is 0 Å². The van der Waals surface area contributed by atoms with Gasteiger partial charge in [0.15, 0.2) is 0 Å². The smallest absolute Gasteiger partial charge is 0.00983 e. The van der Waals surface area contributed by atoms with Crippen LogP contribution >= 0.6 is 0 Å². The van der Waals surface area contributed by atoms with Crippen molar-refractivity contribution in [1.29, 1.82) is 0 Å². The molecule has 4 unspecified atom stereocenters. The minimum atomic E-state index is 0.481. The molecular formula is C25H46N2. The van der Waals surface area contributed by atoms with Gasteiger partial charge in [0.2, 0.25) is 0 Å². The number of hydrogen-bond donors (Lipinski definition) is 0. The third-order valence-corrected chi connectivity index (χ3v) is 9.46. The average Bonchev–Trinajstić information content (AvgIpc) is 2.95. The minimum Gasteiger partial charge on any atom is -0.300 e. The summed E-state index contributed by atoms with van der Waals surface area (Å²) in [5, 5.41) is 0. The van der Waals surface area contributed by atoms with E-state index in [0.29, 0.717) is 5.41 Å². The van der Waals surface area contributed by atoms with Gasteiger partial charge in [0.1, 0.15) is 0 Å². The summed E-state index contributed by atoms with van der Waals surface area (Å²) in [6.07, 6.45) is 17.8. The Kier molecular flexibility index (Phi) is 5.97. The van der Waals surface area contributed by atoms with E-state index in [9.17, 15) is 0 Å². The molecule has 0 saturated carbocycles. The van der Waals surface area contributed by atoms with Crippen molar-refractivity contribution in [2.75, 3.05) is 14.1 Å². The molecule has 4 heterocycles. The topological polar surface area (TPSA) is 6.48 Å². The molecule has 0 N–H and O–H groups in total. The molecular weight excluding hydrogens is 328 g/mol. The second kappa shape index (κ2) is 7.98. The van der Waals surface area contributed by atoms with E-state index in [4.69, 9.17) is 0 Å². The van der Waals surface area contributed by atoms with Crippen LogP contribution in [-0.4, -0.2) is 48.1 Å². The molecule has 0 radical (unpaired) electrons. The second-order valence-corrected chi connectivity index (χ2v) is 12.0. The van der Waals surface area contributed by atoms with Crippen molar-refractivity contribution >= 4 is 0 Å². The summed E-state index contributed by atoms with van der Waals surface area (Å²) in [6, 6.07) is 3.65. The SMILES string of the molecule is CN1C2CCC1CC(CCC(CCC1CC3CCC(C1)N3C)C(C)(C)C)C2. The van der Waals surface area contributed by atoms with Crippen LogP contribution in [0.1, 0.15) is 97.8 Å². The summed E-state index contributed by atoms with van der Waals surface area (Å²) in [7, 11) is 4.76. The largest absolute Gasteiger partial charge is 0.300 e. The van der Waals surface area contributed by atoms with E-state index >= 15 is 0 Å². The molecule has 0 amide bonds. The quantitative estimate of drug-likeness (QED) is 0.566. The van der Waals surface area contributed by atoms with Gasteiger partial charge in [-0.1, -0.05) is 33.6 Å². The molecule has 4 bridgehead atoms. The molecule has 0 spiro atoms. The fourth-order valence-electron chi connectivity index (χ4n) is 7.40. The van der Waals surface area contributed by atoms with E-state index in [2.05, 4.69) is 44.7 Å². The van der Waals surface area contributed by atoms with E-state index in [1.165, 1.54) is 77.0 Å². The molecule has 0 aromatic carbocycles. The molecule has 4 rings (SSSR count). The van der Waals surface area contributed by atoms with Crippen LogP contribution in [0.5, 0.6) is 0 Å². The zero-order valence-electron chi connectivity index (χ0n) is 18.9. The fraction of sp³-hybridized carbons (Fsp3) is 1.00. The third kappa shape index (κ3) is 4.42. The van der Waals surface area contributed by atoms with Gasteiger partial charge >= 0.3 is 0 Å². The predicted molar refractivity (Wildman–Crippen MR) is 116 cm³/mol. The van der Waals surface area contributed by atoms with Gasteiger partial charge < -0.3 is 9.80 Å². The predicted octanol–water partition coefficient (Wildman–Crippen LogP) is 5.95. The first-order valence-corrected chi connectivity index (χ1v) is 12.2. The van der Waals surface area contributed by atoms with E-state index in [1.807, 2.05) is 0 Å². The lowest BCUT2D eigenvalue weighted by Crippen LogP contribution is -2.40. The fourth-order valence-corrected chi connectivity index (χ4v) is 7.40. The number of rotatable bonds is 6. The molecule has 27 heavy (non-hydrogen) atoms. The average molecular weight is 375 g/mol. The summed E-state index contributed by atoms with van der Waals surface area (Å²) >= 11 is 0. The highest BCUT2D eigenvalue weighted by Crippen LogP contribution is 2.44. The Morgan fingerprint density at radius 1 is 0.667 bits per heavy atom. The maximum absolute atomic E-state index is 2.70. The first-order valence-electron chi connectivity index (χ1n) is 12.2. The van der Waals surface area contributed by atoms with Crippen LogP contribution in [0.3, 0.4) is 0 Å². The van der Waals surface area contributed by atoms with Crippen LogP contribution in [0.4, 0.5) is 0 Å². The normalized spacial score (nSPS) is 41.2. The maximum Gasteiger partial charge on any atom is 0.00983 e. The van der Waals surface area contributed by atoms with Crippen molar-refractivity contribution in [3.63, 3.8) is 0 Å². The third-order valence-electron chi connectivity index (χ3n) is 9.46. The highest BCUT2D eigenvalue weighted by atomic mass is 15.2. The molecule has 0 aromatic heterocycles. The van der Waals surface area contributed by atoms with Crippen molar-refractivity contribution in [3.8, 4) is 0 Å². The lowest BCUT2D eigenvalue weighted by atomic mass is 9.72. The van der Waals surface area contributed by atoms with Gasteiger partial charge in [-0.05, 0) is 101 Å². The molecule has 4 fully saturated rings. The van der Waals surface area contributed by atoms with Gasteiger partial charge in [0, 0.05) is 24.2 Å². The zero-order chi connectivity index (χ0) is 19.2. The van der Waals surface area contributed by atoms with Crippen LogP contribution in [0.15, 0.2) is 0 Å².